The van der Waals surface area contributed by atoms with Gasteiger partial charge in [-0.3, -0.25) is 4.79 Å². The van der Waals surface area contributed by atoms with Gasteiger partial charge in [0, 0.05) is 25.6 Å². The van der Waals surface area contributed by atoms with E-state index < -0.39 is 5.54 Å². The molecule has 2 N–H and O–H groups in total. The Morgan fingerprint density at radius 1 is 1.53 bits per heavy atom. The lowest BCUT2D eigenvalue weighted by molar-refractivity contribution is -0.141. The maximum atomic E-state index is 12.4. The molecule has 2 saturated heterocycles. The molecule has 0 aromatic carbocycles. The van der Waals surface area contributed by atoms with Gasteiger partial charge in [0.15, 0.2) is 5.78 Å². The Balaban J connectivity index is 2.04. The molecule has 98 valence electrons. The molecule has 1 spiro atoms. The fourth-order valence-electron chi connectivity index (χ4n) is 2.76. The predicted molar refractivity (Wildman–Crippen MR) is 64.7 cm³/mol. The second-order valence-corrected chi connectivity index (χ2v) is 5.66. The molecular formula is C13H23NO3. The smallest absolute Gasteiger partial charge is 0.155 e. The Morgan fingerprint density at radius 2 is 2.29 bits per heavy atom. The van der Waals surface area contributed by atoms with Crippen LogP contribution in [0.2, 0.25) is 0 Å². The summed E-state index contributed by atoms with van der Waals surface area (Å²) in [5.74, 6) is 0.231. The molecule has 4 nitrogen and oxygen atoms in total. The van der Waals surface area contributed by atoms with Crippen molar-refractivity contribution in [3.63, 3.8) is 0 Å². The molecular weight excluding hydrogens is 218 g/mol. The molecule has 0 radical (unpaired) electrons. The summed E-state index contributed by atoms with van der Waals surface area (Å²) in [6.07, 6.45) is 3.17. The fourth-order valence-corrected chi connectivity index (χ4v) is 2.76. The average Bonchev–Trinajstić information content (AvgIpc) is 2.76. The Kier molecular flexibility index (Phi) is 3.57. The first-order valence-corrected chi connectivity index (χ1v) is 6.54. The molecule has 2 heterocycles. The maximum absolute atomic E-state index is 12.4. The summed E-state index contributed by atoms with van der Waals surface area (Å²) in [7, 11) is 0. The van der Waals surface area contributed by atoms with Crippen molar-refractivity contribution in [2.45, 2.75) is 50.7 Å². The van der Waals surface area contributed by atoms with Crippen LogP contribution in [0.5, 0.6) is 0 Å². The minimum absolute atomic E-state index is 0.0420. The molecule has 0 bridgehead atoms. The van der Waals surface area contributed by atoms with E-state index in [0.717, 1.165) is 25.9 Å². The van der Waals surface area contributed by atoms with Gasteiger partial charge in [0.2, 0.25) is 0 Å². The van der Waals surface area contributed by atoms with Crippen LogP contribution < -0.4 is 5.73 Å². The summed E-state index contributed by atoms with van der Waals surface area (Å²) in [6.45, 7) is 5.83. The van der Waals surface area contributed by atoms with Gasteiger partial charge in [0.25, 0.3) is 0 Å². The molecule has 0 aromatic heterocycles. The van der Waals surface area contributed by atoms with Crippen molar-refractivity contribution in [3.8, 4) is 0 Å². The van der Waals surface area contributed by atoms with E-state index in [1.165, 1.54) is 0 Å². The van der Waals surface area contributed by atoms with Crippen molar-refractivity contribution in [1.29, 1.82) is 0 Å². The summed E-state index contributed by atoms with van der Waals surface area (Å²) in [4.78, 5) is 12.4. The molecule has 0 aliphatic carbocycles. The van der Waals surface area contributed by atoms with E-state index in [9.17, 15) is 4.79 Å². The minimum Gasteiger partial charge on any atom is -0.378 e. The van der Waals surface area contributed by atoms with E-state index in [4.69, 9.17) is 15.2 Å². The summed E-state index contributed by atoms with van der Waals surface area (Å²) in [5, 5.41) is 0. The number of ketones is 1. The van der Waals surface area contributed by atoms with Crippen molar-refractivity contribution >= 4 is 5.78 Å². The first-order chi connectivity index (χ1) is 7.99. The maximum Gasteiger partial charge on any atom is 0.155 e. The van der Waals surface area contributed by atoms with Crippen LogP contribution in [-0.2, 0) is 14.3 Å². The van der Waals surface area contributed by atoms with E-state index in [-0.39, 0.29) is 17.3 Å². The van der Waals surface area contributed by atoms with Crippen molar-refractivity contribution in [2.24, 2.45) is 11.7 Å². The minimum atomic E-state index is -0.692. The molecule has 2 aliphatic rings. The third-order valence-corrected chi connectivity index (χ3v) is 4.23. The molecule has 2 fully saturated rings. The largest absolute Gasteiger partial charge is 0.378 e. The molecule has 0 amide bonds. The number of Topliss-reactive ketones (excluding diaryl/α,β-unsaturated/α-hetero) is 1. The topological polar surface area (TPSA) is 61.6 Å². The number of ether oxygens (including phenoxy) is 2. The van der Waals surface area contributed by atoms with Crippen LogP contribution in [0.25, 0.3) is 0 Å². The first-order valence-electron chi connectivity index (χ1n) is 6.54. The van der Waals surface area contributed by atoms with Gasteiger partial charge < -0.3 is 15.2 Å². The Labute approximate surface area is 103 Å². The third kappa shape index (κ3) is 2.54. The van der Waals surface area contributed by atoms with Crippen molar-refractivity contribution in [3.05, 3.63) is 0 Å². The van der Waals surface area contributed by atoms with Gasteiger partial charge in [-0.2, -0.15) is 0 Å². The normalized spacial score (nSPS) is 37.0. The molecule has 0 aromatic rings. The molecule has 3 atom stereocenters. The zero-order valence-corrected chi connectivity index (χ0v) is 10.8. The van der Waals surface area contributed by atoms with Crippen molar-refractivity contribution in [1.82, 2.24) is 0 Å². The summed E-state index contributed by atoms with van der Waals surface area (Å²) < 4.78 is 11.2. The highest BCUT2D eigenvalue weighted by atomic mass is 16.6. The Hall–Kier alpha value is -0.450. The zero-order chi connectivity index (χ0) is 12.5. The van der Waals surface area contributed by atoms with Crippen LogP contribution in [0, 0.1) is 5.92 Å². The Bertz CT molecular complexity index is 295. The molecule has 3 unspecified atom stereocenters. The quantitative estimate of drug-likeness (QED) is 0.808. The SMILES string of the molecule is CCC(C)(N)C(=O)C1CCOC2(CCOC2)C1. The number of rotatable bonds is 3. The van der Waals surface area contributed by atoms with Crippen LogP contribution in [0.15, 0.2) is 0 Å². The van der Waals surface area contributed by atoms with E-state index >= 15 is 0 Å². The number of nitrogens with two attached hydrogens (primary N) is 1. The lowest BCUT2D eigenvalue weighted by Crippen LogP contribution is -2.51. The number of carbonyl (C=O) groups excluding carboxylic acids is 1. The van der Waals surface area contributed by atoms with Crippen molar-refractivity contribution < 1.29 is 14.3 Å². The van der Waals surface area contributed by atoms with E-state index in [1.807, 2.05) is 13.8 Å². The lowest BCUT2D eigenvalue weighted by atomic mass is 9.77. The van der Waals surface area contributed by atoms with Crippen LogP contribution >= 0.6 is 0 Å². The first kappa shape index (κ1) is 13.0. The van der Waals surface area contributed by atoms with E-state index in [2.05, 4.69) is 0 Å². The zero-order valence-electron chi connectivity index (χ0n) is 10.8. The molecule has 17 heavy (non-hydrogen) atoms. The van der Waals surface area contributed by atoms with Crippen LogP contribution in [-0.4, -0.2) is 36.7 Å². The van der Waals surface area contributed by atoms with Crippen LogP contribution in [0.4, 0.5) is 0 Å². The molecule has 4 heteroatoms. The highest BCUT2D eigenvalue weighted by Crippen LogP contribution is 2.37. The van der Waals surface area contributed by atoms with Crippen molar-refractivity contribution in [2.75, 3.05) is 19.8 Å². The second-order valence-electron chi connectivity index (χ2n) is 5.66. The van der Waals surface area contributed by atoms with Gasteiger partial charge in [-0.25, -0.2) is 0 Å². The van der Waals surface area contributed by atoms with E-state index in [0.29, 0.717) is 19.6 Å². The van der Waals surface area contributed by atoms with Gasteiger partial charge in [-0.15, -0.1) is 0 Å². The van der Waals surface area contributed by atoms with Gasteiger partial charge in [0.1, 0.15) is 0 Å². The summed E-state index contributed by atoms with van der Waals surface area (Å²) >= 11 is 0. The van der Waals surface area contributed by atoms with Gasteiger partial charge in [-0.1, -0.05) is 6.92 Å². The van der Waals surface area contributed by atoms with Crippen LogP contribution in [0.3, 0.4) is 0 Å². The fraction of sp³-hybridized carbons (Fsp3) is 0.923. The second kappa shape index (κ2) is 4.67. The Morgan fingerprint density at radius 3 is 2.88 bits per heavy atom. The molecule has 2 rings (SSSR count). The van der Waals surface area contributed by atoms with E-state index in [1.54, 1.807) is 0 Å². The predicted octanol–water partition coefficient (Wildman–Crippen LogP) is 1.27. The lowest BCUT2D eigenvalue weighted by Gasteiger charge is -2.38. The third-order valence-electron chi connectivity index (χ3n) is 4.23. The van der Waals surface area contributed by atoms with Crippen LogP contribution in [0.1, 0.15) is 39.5 Å². The number of hydrogen-bond donors (Lipinski definition) is 1. The molecule has 2 aliphatic heterocycles. The summed E-state index contributed by atoms with van der Waals surface area (Å²) in [5.41, 5.74) is 5.16. The average molecular weight is 241 g/mol. The molecule has 0 saturated carbocycles. The summed E-state index contributed by atoms with van der Waals surface area (Å²) in [6, 6.07) is 0. The van der Waals surface area contributed by atoms with Gasteiger partial charge in [0.05, 0.1) is 17.7 Å². The number of hydrogen-bond acceptors (Lipinski definition) is 4. The standard InChI is InChI=1S/C13H23NO3/c1-3-12(2,14)11(15)10-4-6-17-13(8-10)5-7-16-9-13/h10H,3-9,14H2,1-2H3. The monoisotopic (exact) mass is 241 g/mol. The van der Waals surface area contributed by atoms with Gasteiger partial charge >= 0.3 is 0 Å². The highest BCUT2D eigenvalue weighted by Gasteiger charge is 2.45. The highest BCUT2D eigenvalue weighted by molar-refractivity contribution is 5.89. The number of carbonyl (C=O) groups is 1. The van der Waals surface area contributed by atoms with Gasteiger partial charge in [-0.05, 0) is 26.2 Å².